The molecule has 53 heavy (non-hydrogen) atoms. The zero-order valence-corrected chi connectivity index (χ0v) is 30.8. The van der Waals surface area contributed by atoms with Crippen LogP contribution in [0.25, 0.3) is 0 Å². The summed E-state index contributed by atoms with van der Waals surface area (Å²) < 4.78 is 0. The van der Waals surface area contributed by atoms with Crippen molar-refractivity contribution in [1.82, 2.24) is 31.5 Å². The highest BCUT2D eigenvalue weighted by Crippen LogP contribution is 2.19. The van der Waals surface area contributed by atoms with E-state index in [1.54, 1.807) is 30.3 Å². The van der Waals surface area contributed by atoms with Gasteiger partial charge < -0.3 is 53.8 Å². The molecule has 294 valence electrons. The number of aliphatic hydroxyl groups is 1. The van der Waals surface area contributed by atoms with E-state index >= 15 is 0 Å². The van der Waals surface area contributed by atoms with Crippen molar-refractivity contribution in [2.75, 3.05) is 19.7 Å². The molecule has 0 unspecified atom stereocenters. The fraction of sp³-hybridized carbons (Fsp3) is 0.600. The van der Waals surface area contributed by atoms with Gasteiger partial charge in [0.15, 0.2) is 0 Å². The molecule has 1 heterocycles. The molecular formula is C35H55N9O9. The molecule has 6 atom stereocenters. The van der Waals surface area contributed by atoms with Crippen LogP contribution in [0, 0.1) is 11.8 Å². The van der Waals surface area contributed by atoms with Crippen LogP contribution < -0.4 is 43.8 Å². The Morgan fingerprint density at radius 2 is 1.32 bits per heavy atom. The van der Waals surface area contributed by atoms with Crippen molar-refractivity contribution in [1.29, 1.82) is 0 Å². The molecule has 0 saturated carbocycles. The molecule has 0 radical (unpaired) electrons. The number of nitrogens with two attached hydrogens (primary N) is 3. The van der Waals surface area contributed by atoms with Crippen LogP contribution in [0.1, 0.15) is 65.4 Å². The molecule has 0 aromatic heterocycles. The van der Waals surface area contributed by atoms with E-state index in [1.807, 2.05) is 27.7 Å². The number of amides is 8. The number of carbonyl (C=O) groups excluding carboxylic acids is 8. The molecular weight excluding hydrogens is 690 g/mol. The van der Waals surface area contributed by atoms with Crippen molar-refractivity contribution in [3.05, 3.63) is 35.9 Å². The van der Waals surface area contributed by atoms with Gasteiger partial charge in [-0.15, -0.1) is 0 Å². The van der Waals surface area contributed by atoms with E-state index in [2.05, 4.69) is 26.6 Å². The Morgan fingerprint density at radius 3 is 1.85 bits per heavy atom. The Labute approximate surface area is 309 Å². The lowest BCUT2D eigenvalue weighted by atomic mass is 9.99. The molecule has 1 aliphatic rings. The summed E-state index contributed by atoms with van der Waals surface area (Å²) >= 11 is 0. The zero-order valence-electron chi connectivity index (χ0n) is 30.8. The lowest BCUT2D eigenvalue weighted by Crippen LogP contribution is -2.59. The summed E-state index contributed by atoms with van der Waals surface area (Å²) in [4.78, 5) is 104. The fourth-order valence-corrected chi connectivity index (χ4v) is 5.83. The van der Waals surface area contributed by atoms with E-state index in [-0.39, 0.29) is 37.6 Å². The predicted octanol–water partition coefficient (Wildman–Crippen LogP) is -2.95. The first-order valence-electron chi connectivity index (χ1n) is 17.7. The minimum absolute atomic E-state index is 0.0582. The molecule has 1 aromatic carbocycles. The van der Waals surface area contributed by atoms with E-state index in [4.69, 9.17) is 17.2 Å². The van der Waals surface area contributed by atoms with E-state index in [0.717, 1.165) is 0 Å². The maximum atomic E-state index is 13.7. The average molecular weight is 746 g/mol. The first-order chi connectivity index (χ1) is 24.9. The SMILES string of the molecule is CC(C)C[C@H](NC(=O)[C@H](CC(C)C)NC(=O)[C@H](Cc1ccccc1)NC(=O)[C@@H](N)CO)C(=O)NCC(=O)N[C@@H](CC(N)=O)C(=O)N1CCC[C@H]1C(N)=O. The molecule has 0 bridgehead atoms. The minimum atomic E-state index is -1.40. The maximum absolute atomic E-state index is 13.7. The third kappa shape index (κ3) is 14.8. The van der Waals surface area contributed by atoms with E-state index in [9.17, 15) is 43.5 Å². The first kappa shape index (κ1) is 44.1. The number of hydrogen-bond donors (Lipinski definition) is 9. The van der Waals surface area contributed by atoms with Gasteiger partial charge in [0.1, 0.15) is 36.3 Å². The van der Waals surface area contributed by atoms with Crippen LogP contribution in [0.3, 0.4) is 0 Å². The maximum Gasteiger partial charge on any atom is 0.246 e. The molecule has 1 aliphatic heterocycles. The van der Waals surface area contributed by atoms with Crippen molar-refractivity contribution in [3.63, 3.8) is 0 Å². The molecule has 1 aromatic rings. The van der Waals surface area contributed by atoms with Gasteiger partial charge in [-0.2, -0.15) is 0 Å². The quantitative estimate of drug-likeness (QED) is 0.0616. The number of likely N-dealkylation sites (tertiary alicyclic amines) is 1. The second kappa shape index (κ2) is 21.4. The summed E-state index contributed by atoms with van der Waals surface area (Å²) in [7, 11) is 0. The second-order valence-electron chi connectivity index (χ2n) is 14.0. The molecule has 18 nitrogen and oxygen atoms in total. The monoisotopic (exact) mass is 745 g/mol. The van der Waals surface area contributed by atoms with Crippen LogP contribution >= 0.6 is 0 Å². The Bertz CT molecular complexity index is 1460. The Morgan fingerprint density at radius 1 is 0.774 bits per heavy atom. The minimum Gasteiger partial charge on any atom is -0.394 e. The standard InChI is InChI=1S/C35H55N9O9/c1-19(2)13-23(32(50)39-17-29(47)40-26(16-28(37)46)35(53)44-12-8-11-27(44)30(38)48)42-33(51)24(14-20(3)4)43-34(52)25(41-31(49)22(36)18-45)15-21-9-6-5-7-10-21/h5-7,9-10,19-20,22-27,45H,8,11-18,36H2,1-4H3,(H2,37,46)(H2,38,48)(H,39,50)(H,40,47)(H,41,49)(H,42,51)(H,43,52)/t22-,23-,24-,25-,26-,27-/m0/s1. The Balaban J connectivity index is 2.17. The molecule has 12 N–H and O–H groups in total. The van der Waals surface area contributed by atoms with E-state index in [0.29, 0.717) is 18.4 Å². The van der Waals surface area contributed by atoms with E-state index in [1.165, 1.54) is 4.90 Å². The molecule has 0 aliphatic carbocycles. The second-order valence-corrected chi connectivity index (χ2v) is 14.0. The van der Waals surface area contributed by atoms with Crippen LogP contribution in [0.15, 0.2) is 30.3 Å². The van der Waals surface area contributed by atoms with Gasteiger partial charge in [0.05, 0.1) is 19.6 Å². The summed E-state index contributed by atoms with van der Waals surface area (Å²) in [5.41, 5.74) is 17.1. The van der Waals surface area contributed by atoms with Crippen molar-refractivity contribution in [2.24, 2.45) is 29.0 Å². The lowest BCUT2D eigenvalue weighted by molar-refractivity contribution is -0.141. The molecule has 1 fully saturated rings. The molecule has 0 spiro atoms. The average Bonchev–Trinajstić information content (AvgIpc) is 3.59. The van der Waals surface area contributed by atoms with Crippen LogP contribution in [0.2, 0.25) is 0 Å². The Hall–Kier alpha value is -5.10. The first-order valence-corrected chi connectivity index (χ1v) is 17.7. The van der Waals surface area contributed by atoms with Gasteiger partial charge >= 0.3 is 0 Å². The van der Waals surface area contributed by atoms with Crippen LogP contribution in [-0.2, 0) is 44.8 Å². The van der Waals surface area contributed by atoms with Gasteiger partial charge in [0.25, 0.3) is 0 Å². The topological polar surface area (TPSA) is 298 Å². The summed E-state index contributed by atoms with van der Waals surface area (Å²) in [6.07, 6.45) is 0.660. The van der Waals surface area contributed by atoms with Crippen molar-refractivity contribution in [2.45, 2.75) is 102 Å². The molecule has 18 heteroatoms. The van der Waals surface area contributed by atoms with Gasteiger partial charge in [0, 0.05) is 13.0 Å². The number of rotatable bonds is 21. The number of aliphatic hydroxyl groups excluding tert-OH is 1. The third-order valence-corrected chi connectivity index (χ3v) is 8.46. The zero-order chi connectivity index (χ0) is 39.8. The number of benzene rings is 1. The van der Waals surface area contributed by atoms with Crippen molar-refractivity contribution >= 4 is 47.3 Å². The van der Waals surface area contributed by atoms with Crippen molar-refractivity contribution < 1.29 is 43.5 Å². The van der Waals surface area contributed by atoms with Crippen LogP contribution in [-0.4, -0.2) is 113 Å². The number of nitrogens with zero attached hydrogens (tertiary/aromatic N) is 1. The number of carbonyl (C=O) groups is 8. The predicted molar refractivity (Wildman–Crippen MR) is 193 cm³/mol. The highest BCUT2D eigenvalue weighted by atomic mass is 16.3. The van der Waals surface area contributed by atoms with Gasteiger partial charge in [-0.25, -0.2) is 0 Å². The number of hydrogen-bond acceptors (Lipinski definition) is 10. The molecule has 1 saturated heterocycles. The summed E-state index contributed by atoms with van der Waals surface area (Å²) in [5.74, 6) is -6.20. The summed E-state index contributed by atoms with van der Waals surface area (Å²) in [6, 6.07) is 1.82. The van der Waals surface area contributed by atoms with E-state index < -0.39 is 103 Å². The number of primary amides is 2. The van der Waals surface area contributed by atoms with Crippen LogP contribution in [0.4, 0.5) is 0 Å². The van der Waals surface area contributed by atoms with Gasteiger partial charge in [-0.3, -0.25) is 38.4 Å². The highest BCUT2D eigenvalue weighted by Gasteiger charge is 2.37. The largest absolute Gasteiger partial charge is 0.394 e. The van der Waals surface area contributed by atoms with Gasteiger partial charge in [-0.1, -0.05) is 58.0 Å². The summed E-state index contributed by atoms with van der Waals surface area (Å²) in [6.45, 7) is 6.22. The highest BCUT2D eigenvalue weighted by molar-refractivity contribution is 5.97. The molecule has 2 rings (SSSR count). The van der Waals surface area contributed by atoms with Crippen molar-refractivity contribution in [3.8, 4) is 0 Å². The number of nitrogens with one attached hydrogen (secondary N) is 5. The molecule has 8 amide bonds. The summed E-state index contributed by atoms with van der Waals surface area (Å²) in [5, 5.41) is 22.1. The third-order valence-electron chi connectivity index (χ3n) is 8.46. The normalized spacial score (nSPS) is 16.8. The van der Waals surface area contributed by atoms with Gasteiger partial charge in [0.2, 0.25) is 47.3 Å². The van der Waals surface area contributed by atoms with Gasteiger partial charge in [-0.05, 0) is 43.1 Å². The lowest BCUT2D eigenvalue weighted by Gasteiger charge is -2.28. The Kier molecular flexibility index (Phi) is 17.8. The smallest absolute Gasteiger partial charge is 0.246 e. The van der Waals surface area contributed by atoms with Crippen LogP contribution in [0.5, 0.6) is 0 Å². The fourth-order valence-electron chi connectivity index (χ4n) is 5.83.